The smallest absolute Gasteiger partial charge is 0.221 e. The average molecular weight is 286 g/mol. The molecule has 2 unspecified atom stereocenters. The van der Waals surface area contributed by atoms with Gasteiger partial charge in [0.25, 0.3) is 0 Å². The maximum atomic E-state index is 5.89. The quantitative estimate of drug-likeness (QED) is 0.792. The Bertz CT molecular complexity index is 430. The molecule has 2 atom stereocenters. The van der Waals surface area contributed by atoms with Crippen LogP contribution in [-0.2, 0) is 4.74 Å². The molecule has 1 fully saturated rings. The predicted molar refractivity (Wildman–Crippen MR) is 75.2 cm³/mol. The van der Waals surface area contributed by atoms with E-state index in [-0.39, 0.29) is 12.1 Å². The Morgan fingerprint density at radius 3 is 3.00 bits per heavy atom. The molecule has 1 aromatic heterocycles. The molecule has 0 aliphatic carbocycles. The fourth-order valence-corrected chi connectivity index (χ4v) is 2.39. The van der Waals surface area contributed by atoms with E-state index in [4.69, 9.17) is 21.1 Å². The topological polar surface area (TPSA) is 47.5 Å². The SMILES string of the molecule is CCOc1ncnc(N2CC(CCl)OCC2C)c1C. The molecule has 1 aliphatic heterocycles. The van der Waals surface area contributed by atoms with Gasteiger partial charge in [0.1, 0.15) is 12.1 Å². The highest BCUT2D eigenvalue weighted by Gasteiger charge is 2.28. The molecule has 5 nitrogen and oxygen atoms in total. The number of morpholine rings is 1. The molecule has 0 radical (unpaired) electrons. The summed E-state index contributed by atoms with van der Waals surface area (Å²) in [4.78, 5) is 10.8. The molecular weight excluding hydrogens is 266 g/mol. The first-order valence-electron chi connectivity index (χ1n) is 6.56. The summed E-state index contributed by atoms with van der Waals surface area (Å²) >= 11 is 5.89. The molecule has 1 aliphatic rings. The van der Waals surface area contributed by atoms with Crippen molar-refractivity contribution in [3.8, 4) is 5.88 Å². The minimum absolute atomic E-state index is 0.0442. The number of rotatable bonds is 4. The summed E-state index contributed by atoms with van der Waals surface area (Å²) in [5.74, 6) is 2.05. The molecule has 0 amide bonds. The number of anilines is 1. The van der Waals surface area contributed by atoms with Gasteiger partial charge in [-0.25, -0.2) is 9.97 Å². The van der Waals surface area contributed by atoms with Gasteiger partial charge in [0.2, 0.25) is 5.88 Å². The first-order valence-corrected chi connectivity index (χ1v) is 7.09. The van der Waals surface area contributed by atoms with Crippen molar-refractivity contribution >= 4 is 17.4 Å². The number of ether oxygens (including phenoxy) is 2. The summed E-state index contributed by atoms with van der Waals surface area (Å²) < 4.78 is 11.2. The van der Waals surface area contributed by atoms with E-state index in [1.54, 1.807) is 6.33 Å². The fraction of sp³-hybridized carbons (Fsp3) is 0.692. The van der Waals surface area contributed by atoms with Crippen molar-refractivity contribution in [1.29, 1.82) is 0 Å². The van der Waals surface area contributed by atoms with Gasteiger partial charge in [0.05, 0.1) is 36.8 Å². The number of hydrogen-bond acceptors (Lipinski definition) is 5. The van der Waals surface area contributed by atoms with Crippen molar-refractivity contribution in [3.63, 3.8) is 0 Å². The highest BCUT2D eigenvalue weighted by Crippen LogP contribution is 2.27. The van der Waals surface area contributed by atoms with Crippen LogP contribution in [0.1, 0.15) is 19.4 Å². The van der Waals surface area contributed by atoms with Gasteiger partial charge < -0.3 is 14.4 Å². The minimum Gasteiger partial charge on any atom is -0.478 e. The molecule has 0 saturated carbocycles. The lowest BCUT2D eigenvalue weighted by molar-refractivity contribution is 0.0360. The standard InChI is InChI=1S/C13H20ClN3O2/c1-4-18-13-10(3)12(15-8-16-13)17-6-11(5-14)19-7-9(17)2/h8-9,11H,4-7H2,1-3H3. The van der Waals surface area contributed by atoms with E-state index in [9.17, 15) is 0 Å². The normalized spacial score (nSPS) is 23.5. The van der Waals surface area contributed by atoms with Gasteiger partial charge >= 0.3 is 0 Å². The zero-order valence-corrected chi connectivity index (χ0v) is 12.4. The maximum Gasteiger partial charge on any atom is 0.221 e. The summed E-state index contributed by atoms with van der Waals surface area (Å²) in [6, 6.07) is 0.266. The Hall–Kier alpha value is -1.07. The minimum atomic E-state index is 0.0442. The highest BCUT2D eigenvalue weighted by atomic mass is 35.5. The van der Waals surface area contributed by atoms with Gasteiger partial charge in [-0.3, -0.25) is 0 Å². The van der Waals surface area contributed by atoms with Crippen LogP contribution in [0.2, 0.25) is 0 Å². The van der Waals surface area contributed by atoms with Crippen LogP contribution in [0.25, 0.3) is 0 Å². The average Bonchev–Trinajstić information content (AvgIpc) is 2.42. The Kier molecular flexibility index (Phi) is 4.82. The second-order valence-electron chi connectivity index (χ2n) is 4.67. The zero-order chi connectivity index (χ0) is 13.8. The summed E-state index contributed by atoms with van der Waals surface area (Å²) in [5, 5.41) is 0. The van der Waals surface area contributed by atoms with Crippen LogP contribution in [0.5, 0.6) is 5.88 Å². The Balaban J connectivity index is 2.26. The molecular formula is C13H20ClN3O2. The molecule has 1 aromatic rings. The molecule has 0 bridgehead atoms. The lowest BCUT2D eigenvalue weighted by Gasteiger charge is -2.38. The van der Waals surface area contributed by atoms with Gasteiger partial charge in [-0.1, -0.05) is 0 Å². The van der Waals surface area contributed by atoms with Crippen LogP contribution in [0.15, 0.2) is 6.33 Å². The van der Waals surface area contributed by atoms with Crippen LogP contribution in [0.3, 0.4) is 0 Å². The van der Waals surface area contributed by atoms with E-state index in [1.807, 2.05) is 13.8 Å². The van der Waals surface area contributed by atoms with Crippen molar-refractivity contribution in [1.82, 2.24) is 9.97 Å². The molecule has 19 heavy (non-hydrogen) atoms. The molecule has 106 valence electrons. The van der Waals surface area contributed by atoms with Crippen LogP contribution in [0, 0.1) is 6.92 Å². The Labute approximate surface area is 118 Å². The van der Waals surface area contributed by atoms with Gasteiger partial charge in [-0.05, 0) is 20.8 Å². The zero-order valence-electron chi connectivity index (χ0n) is 11.6. The largest absolute Gasteiger partial charge is 0.478 e. The Morgan fingerprint density at radius 2 is 2.32 bits per heavy atom. The van der Waals surface area contributed by atoms with Crippen molar-refractivity contribution in [3.05, 3.63) is 11.9 Å². The monoisotopic (exact) mass is 285 g/mol. The molecule has 0 N–H and O–H groups in total. The summed E-state index contributed by atoms with van der Waals surface area (Å²) in [6.07, 6.45) is 1.59. The molecule has 1 saturated heterocycles. The molecule has 0 spiro atoms. The molecule has 2 rings (SSSR count). The molecule has 2 heterocycles. The second kappa shape index (κ2) is 6.39. The van der Waals surface area contributed by atoms with Gasteiger partial charge in [-0.15, -0.1) is 11.6 Å². The number of aromatic nitrogens is 2. The van der Waals surface area contributed by atoms with Gasteiger partial charge in [-0.2, -0.15) is 0 Å². The molecule has 6 heteroatoms. The van der Waals surface area contributed by atoms with Crippen LogP contribution >= 0.6 is 11.6 Å². The van der Waals surface area contributed by atoms with E-state index in [0.29, 0.717) is 25.0 Å². The van der Waals surface area contributed by atoms with Crippen LogP contribution in [-0.4, -0.2) is 47.8 Å². The number of nitrogens with zero attached hydrogens (tertiary/aromatic N) is 3. The first kappa shape index (κ1) is 14.3. The van der Waals surface area contributed by atoms with Crippen molar-refractivity contribution in [2.24, 2.45) is 0 Å². The first-order chi connectivity index (χ1) is 9.17. The third-order valence-electron chi connectivity index (χ3n) is 3.24. The van der Waals surface area contributed by atoms with E-state index in [0.717, 1.165) is 17.9 Å². The number of halogens is 1. The molecule has 0 aromatic carbocycles. The van der Waals surface area contributed by atoms with E-state index in [1.165, 1.54) is 0 Å². The van der Waals surface area contributed by atoms with E-state index >= 15 is 0 Å². The summed E-state index contributed by atoms with van der Waals surface area (Å²) in [5.41, 5.74) is 0.964. The van der Waals surface area contributed by atoms with Gasteiger partial charge in [0.15, 0.2) is 0 Å². The summed E-state index contributed by atoms with van der Waals surface area (Å²) in [7, 11) is 0. The van der Waals surface area contributed by atoms with E-state index in [2.05, 4.69) is 21.8 Å². The third-order valence-corrected chi connectivity index (χ3v) is 3.59. The van der Waals surface area contributed by atoms with Crippen LogP contribution < -0.4 is 9.64 Å². The Morgan fingerprint density at radius 1 is 1.53 bits per heavy atom. The van der Waals surface area contributed by atoms with E-state index < -0.39 is 0 Å². The third kappa shape index (κ3) is 3.09. The number of alkyl halides is 1. The summed E-state index contributed by atoms with van der Waals surface area (Å²) in [6.45, 7) is 8.05. The maximum absolute atomic E-state index is 5.89. The highest BCUT2D eigenvalue weighted by molar-refractivity contribution is 6.18. The lowest BCUT2D eigenvalue weighted by atomic mass is 10.2. The lowest BCUT2D eigenvalue weighted by Crippen LogP contribution is -2.49. The number of hydrogen-bond donors (Lipinski definition) is 0. The fourth-order valence-electron chi connectivity index (χ4n) is 2.20. The van der Waals surface area contributed by atoms with Crippen molar-refractivity contribution in [2.75, 3.05) is 30.5 Å². The van der Waals surface area contributed by atoms with Crippen molar-refractivity contribution in [2.45, 2.75) is 32.9 Å². The van der Waals surface area contributed by atoms with Gasteiger partial charge in [0, 0.05) is 6.54 Å². The predicted octanol–water partition coefficient (Wildman–Crippen LogP) is 2.02. The second-order valence-corrected chi connectivity index (χ2v) is 4.98. The van der Waals surface area contributed by atoms with Crippen LogP contribution in [0.4, 0.5) is 5.82 Å². The van der Waals surface area contributed by atoms with Crippen molar-refractivity contribution < 1.29 is 9.47 Å².